The third kappa shape index (κ3) is 5.06. The predicted molar refractivity (Wildman–Crippen MR) is 110 cm³/mol. The van der Waals surface area contributed by atoms with Crippen LogP contribution in [0.1, 0.15) is 49.8 Å². The highest BCUT2D eigenvalue weighted by Crippen LogP contribution is 2.22. The molecule has 3 aromatic rings. The average molecular weight is 435 g/mol. The first-order valence-electron chi connectivity index (χ1n) is 10.3. The predicted octanol–water partition coefficient (Wildman–Crippen LogP) is 5.69. The van der Waals surface area contributed by atoms with E-state index in [0.717, 1.165) is 11.9 Å². The first kappa shape index (κ1) is 22.8. The zero-order valence-electron chi connectivity index (χ0n) is 17.8. The number of carbonyl (C=O) groups excluding carboxylic acids is 1. The van der Waals surface area contributed by atoms with Gasteiger partial charge in [0.25, 0.3) is 5.91 Å². The van der Waals surface area contributed by atoms with E-state index in [9.17, 15) is 22.4 Å². The molecule has 0 fully saturated rings. The van der Waals surface area contributed by atoms with Gasteiger partial charge in [0.05, 0.1) is 23.1 Å². The van der Waals surface area contributed by atoms with Gasteiger partial charge in [0.15, 0.2) is 11.6 Å². The first-order valence-corrected chi connectivity index (χ1v) is 10.3. The molecule has 0 unspecified atom stereocenters. The van der Waals surface area contributed by atoms with Crippen LogP contribution in [0.25, 0.3) is 11.0 Å². The number of aryl methyl sites for hydroxylation is 1. The average Bonchev–Trinajstić information content (AvgIpc) is 3.03. The summed E-state index contributed by atoms with van der Waals surface area (Å²) >= 11 is 0. The molecule has 0 radical (unpaired) electrons. The second-order valence-corrected chi connectivity index (χ2v) is 7.97. The summed E-state index contributed by atoms with van der Waals surface area (Å²) in [7, 11) is 0. The van der Waals surface area contributed by atoms with Gasteiger partial charge in [-0.2, -0.15) is 0 Å². The summed E-state index contributed by atoms with van der Waals surface area (Å²) in [5.74, 6) is -4.16. The molecule has 4 nitrogen and oxygen atoms in total. The van der Waals surface area contributed by atoms with E-state index in [2.05, 4.69) is 4.98 Å². The molecule has 31 heavy (non-hydrogen) atoms. The van der Waals surface area contributed by atoms with Gasteiger partial charge < -0.3 is 9.47 Å². The molecule has 0 N–H and O–H groups in total. The lowest BCUT2D eigenvalue weighted by Gasteiger charge is -2.24. The van der Waals surface area contributed by atoms with Crippen molar-refractivity contribution in [3.8, 4) is 0 Å². The number of halogens is 4. The van der Waals surface area contributed by atoms with E-state index in [-0.39, 0.29) is 19.0 Å². The number of fused-ring (bicyclic) bond motifs is 1. The van der Waals surface area contributed by atoms with Crippen molar-refractivity contribution in [2.45, 2.75) is 46.7 Å². The van der Waals surface area contributed by atoms with Crippen LogP contribution in [0.2, 0.25) is 0 Å². The summed E-state index contributed by atoms with van der Waals surface area (Å²) in [5.41, 5.74) is 0.652. The third-order valence-corrected chi connectivity index (χ3v) is 5.07. The molecule has 166 valence electrons. The molecular weight excluding hydrogens is 410 g/mol. The molecule has 8 heteroatoms. The summed E-state index contributed by atoms with van der Waals surface area (Å²) in [4.78, 5) is 18.9. The second kappa shape index (κ2) is 9.49. The lowest BCUT2D eigenvalue weighted by molar-refractivity contribution is 0.0724. The molecule has 1 amide bonds. The standard InChI is InChI=1S/C23H25F4N3O/c1-4-8-30-21-6-5-15(24)10-20(21)28-22(30)13-29(9-7-14(2)3)23(31)16-11-18(26)19(27)12-17(16)25/h5-6,10-12,14H,4,7-9,13H2,1-3H3. The van der Waals surface area contributed by atoms with Gasteiger partial charge in [-0.25, -0.2) is 22.5 Å². The molecule has 1 aromatic heterocycles. The van der Waals surface area contributed by atoms with Crippen LogP contribution in [0.5, 0.6) is 0 Å². The maximum Gasteiger partial charge on any atom is 0.257 e. The van der Waals surface area contributed by atoms with Gasteiger partial charge in [-0.15, -0.1) is 0 Å². The fourth-order valence-corrected chi connectivity index (χ4v) is 3.44. The molecular formula is C23H25F4N3O. The van der Waals surface area contributed by atoms with Crippen molar-refractivity contribution in [3.63, 3.8) is 0 Å². The van der Waals surface area contributed by atoms with Gasteiger partial charge in [0.2, 0.25) is 0 Å². The Labute approximate surface area is 178 Å². The molecule has 0 bridgehead atoms. The summed E-state index contributed by atoms with van der Waals surface area (Å²) < 4.78 is 56.9. The summed E-state index contributed by atoms with van der Waals surface area (Å²) in [6.07, 6.45) is 1.41. The largest absolute Gasteiger partial charge is 0.331 e. The molecule has 0 saturated heterocycles. The molecule has 1 heterocycles. The lowest BCUT2D eigenvalue weighted by atomic mass is 10.1. The smallest absolute Gasteiger partial charge is 0.257 e. The minimum absolute atomic E-state index is 0.0281. The number of rotatable bonds is 8. The van der Waals surface area contributed by atoms with Crippen molar-refractivity contribution in [3.05, 3.63) is 65.0 Å². The SMILES string of the molecule is CCCn1c(CN(CCC(C)C)C(=O)c2cc(F)c(F)cc2F)nc2cc(F)ccc21. The Kier molecular flexibility index (Phi) is 6.97. The van der Waals surface area contributed by atoms with E-state index < -0.39 is 34.7 Å². The van der Waals surface area contributed by atoms with Crippen molar-refractivity contribution in [1.29, 1.82) is 0 Å². The van der Waals surface area contributed by atoms with Crippen molar-refractivity contribution in [1.82, 2.24) is 14.5 Å². The van der Waals surface area contributed by atoms with E-state index in [0.29, 0.717) is 36.4 Å². The number of amides is 1. The Morgan fingerprint density at radius 3 is 2.45 bits per heavy atom. The number of hydrogen-bond donors (Lipinski definition) is 0. The quantitative estimate of drug-likeness (QED) is 0.337. The normalized spacial score (nSPS) is 11.5. The Morgan fingerprint density at radius 2 is 1.77 bits per heavy atom. The van der Waals surface area contributed by atoms with Crippen LogP contribution in [0.4, 0.5) is 17.6 Å². The van der Waals surface area contributed by atoms with Gasteiger partial charge in [0.1, 0.15) is 17.5 Å². The van der Waals surface area contributed by atoms with Gasteiger partial charge in [-0.05, 0) is 37.0 Å². The van der Waals surface area contributed by atoms with Crippen molar-refractivity contribution in [2.24, 2.45) is 5.92 Å². The summed E-state index contributed by atoms with van der Waals surface area (Å²) in [5, 5.41) is 0. The molecule has 2 aromatic carbocycles. The number of hydrogen-bond acceptors (Lipinski definition) is 2. The highest BCUT2D eigenvalue weighted by Gasteiger charge is 2.24. The Balaban J connectivity index is 2.01. The zero-order chi connectivity index (χ0) is 22.7. The highest BCUT2D eigenvalue weighted by molar-refractivity contribution is 5.94. The maximum absolute atomic E-state index is 14.3. The minimum Gasteiger partial charge on any atom is -0.331 e. The molecule has 0 aliphatic rings. The number of benzene rings is 2. The fourth-order valence-electron chi connectivity index (χ4n) is 3.44. The number of aromatic nitrogens is 2. The first-order chi connectivity index (χ1) is 14.7. The van der Waals surface area contributed by atoms with Crippen LogP contribution < -0.4 is 0 Å². The third-order valence-electron chi connectivity index (χ3n) is 5.07. The van der Waals surface area contributed by atoms with Crippen LogP contribution >= 0.6 is 0 Å². The molecule has 0 saturated carbocycles. The van der Waals surface area contributed by atoms with Crippen LogP contribution in [0.3, 0.4) is 0 Å². The van der Waals surface area contributed by atoms with E-state index in [4.69, 9.17) is 0 Å². The van der Waals surface area contributed by atoms with Gasteiger partial charge >= 0.3 is 0 Å². The van der Waals surface area contributed by atoms with Crippen LogP contribution in [-0.2, 0) is 13.1 Å². The fraction of sp³-hybridized carbons (Fsp3) is 0.391. The number of carbonyl (C=O) groups is 1. The molecule has 0 atom stereocenters. The van der Waals surface area contributed by atoms with Crippen molar-refractivity contribution < 1.29 is 22.4 Å². The molecule has 0 spiro atoms. The Morgan fingerprint density at radius 1 is 1.06 bits per heavy atom. The molecule has 3 rings (SSSR count). The topological polar surface area (TPSA) is 38.1 Å². The summed E-state index contributed by atoms with van der Waals surface area (Å²) in [6.45, 7) is 6.85. The van der Waals surface area contributed by atoms with Gasteiger partial charge in [-0.1, -0.05) is 20.8 Å². The number of imidazole rings is 1. The monoisotopic (exact) mass is 435 g/mol. The zero-order valence-corrected chi connectivity index (χ0v) is 17.8. The van der Waals surface area contributed by atoms with Crippen LogP contribution in [0.15, 0.2) is 30.3 Å². The molecule has 0 aliphatic carbocycles. The van der Waals surface area contributed by atoms with Gasteiger partial charge in [0, 0.05) is 25.2 Å². The van der Waals surface area contributed by atoms with Crippen molar-refractivity contribution in [2.75, 3.05) is 6.54 Å². The Bertz CT molecular complexity index is 1090. The molecule has 0 aliphatic heterocycles. The minimum atomic E-state index is -1.35. The lowest BCUT2D eigenvalue weighted by Crippen LogP contribution is -2.34. The second-order valence-electron chi connectivity index (χ2n) is 7.97. The summed E-state index contributed by atoms with van der Waals surface area (Å²) in [6, 6.07) is 5.25. The Hall–Kier alpha value is -2.90. The number of nitrogens with zero attached hydrogens (tertiary/aromatic N) is 3. The van der Waals surface area contributed by atoms with Gasteiger partial charge in [-0.3, -0.25) is 4.79 Å². The van der Waals surface area contributed by atoms with E-state index >= 15 is 0 Å². The van der Waals surface area contributed by atoms with Crippen LogP contribution in [0, 0.1) is 29.2 Å². The van der Waals surface area contributed by atoms with Crippen LogP contribution in [-0.4, -0.2) is 26.9 Å². The van der Waals surface area contributed by atoms with E-state index in [1.807, 2.05) is 25.3 Å². The maximum atomic E-state index is 14.3. The van der Waals surface area contributed by atoms with E-state index in [1.165, 1.54) is 17.0 Å². The van der Waals surface area contributed by atoms with Crippen molar-refractivity contribution >= 4 is 16.9 Å². The van der Waals surface area contributed by atoms with E-state index in [1.54, 1.807) is 6.07 Å². The highest BCUT2D eigenvalue weighted by atomic mass is 19.2.